The number of rotatable bonds is 7. The van der Waals surface area contributed by atoms with Crippen molar-refractivity contribution in [2.75, 3.05) is 14.2 Å². The van der Waals surface area contributed by atoms with Gasteiger partial charge in [0.05, 0.1) is 24.8 Å². The lowest BCUT2D eigenvalue weighted by molar-refractivity contribution is 0.392. The molecule has 26 heavy (non-hydrogen) atoms. The Labute approximate surface area is 156 Å². The predicted octanol–water partition coefficient (Wildman–Crippen LogP) is 3.31. The van der Waals surface area contributed by atoms with Crippen LogP contribution in [0.5, 0.6) is 11.5 Å². The number of hydrogen-bond donors (Lipinski definition) is 1. The molecule has 0 atom stereocenters. The summed E-state index contributed by atoms with van der Waals surface area (Å²) in [6.45, 7) is 0.115. The van der Waals surface area contributed by atoms with Crippen molar-refractivity contribution in [1.29, 1.82) is 0 Å². The Bertz CT molecular complexity index is 986. The smallest absolute Gasteiger partial charge is 0.244 e. The van der Waals surface area contributed by atoms with E-state index in [2.05, 4.69) is 9.71 Å². The maximum atomic E-state index is 12.8. The minimum Gasteiger partial charge on any atom is -0.497 e. The third kappa shape index (κ3) is 3.87. The number of hydrogen-bond acceptors (Lipinski definition) is 6. The van der Waals surface area contributed by atoms with Crippen LogP contribution in [0.25, 0.3) is 10.6 Å². The largest absolute Gasteiger partial charge is 0.497 e. The fourth-order valence-corrected chi connectivity index (χ4v) is 4.41. The minimum absolute atomic E-state index is 0.0286. The maximum absolute atomic E-state index is 12.8. The quantitative estimate of drug-likeness (QED) is 0.670. The van der Waals surface area contributed by atoms with E-state index in [0.717, 1.165) is 16.1 Å². The van der Waals surface area contributed by atoms with E-state index in [0.29, 0.717) is 5.75 Å². The van der Waals surface area contributed by atoms with Crippen LogP contribution in [0.3, 0.4) is 0 Å². The molecular weight excluding hydrogens is 372 g/mol. The van der Waals surface area contributed by atoms with Crippen LogP contribution in [0, 0.1) is 0 Å². The molecule has 0 spiro atoms. The normalized spacial score (nSPS) is 11.3. The molecule has 8 heteroatoms. The molecule has 0 fully saturated rings. The average molecular weight is 390 g/mol. The number of nitrogens with zero attached hydrogens (tertiary/aromatic N) is 1. The summed E-state index contributed by atoms with van der Waals surface area (Å²) in [6.07, 6.45) is 1.69. The Morgan fingerprint density at radius 2 is 1.96 bits per heavy atom. The lowest BCUT2D eigenvalue weighted by Gasteiger charge is -2.13. The Kier molecular flexibility index (Phi) is 5.55. The van der Waals surface area contributed by atoms with Crippen molar-refractivity contribution in [3.05, 3.63) is 59.6 Å². The zero-order valence-corrected chi connectivity index (χ0v) is 15.9. The van der Waals surface area contributed by atoms with Gasteiger partial charge in [-0.1, -0.05) is 12.1 Å². The van der Waals surface area contributed by atoms with E-state index >= 15 is 0 Å². The average Bonchev–Trinajstić information content (AvgIpc) is 3.20. The van der Waals surface area contributed by atoms with E-state index in [9.17, 15) is 8.42 Å². The second-order valence-electron chi connectivity index (χ2n) is 5.33. The Morgan fingerprint density at radius 1 is 1.12 bits per heavy atom. The topological polar surface area (TPSA) is 77.5 Å². The molecule has 2 aromatic heterocycles. The van der Waals surface area contributed by atoms with Crippen molar-refractivity contribution in [2.45, 2.75) is 11.4 Å². The molecule has 6 nitrogen and oxygen atoms in total. The highest BCUT2D eigenvalue weighted by atomic mass is 32.2. The van der Waals surface area contributed by atoms with Gasteiger partial charge in [0.1, 0.15) is 16.4 Å². The molecule has 0 radical (unpaired) electrons. The van der Waals surface area contributed by atoms with Gasteiger partial charge in [-0.05, 0) is 35.2 Å². The molecule has 136 valence electrons. The van der Waals surface area contributed by atoms with E-state index in [1.54, 1.807) is 35.7 Å². The highest BCUT2D eigenvalue weighted by molar-refractivity contribution is 7.89. The van der Waals surface area contributed by atoms with Gasteiger partial charge in [-0.2, -0.15) is 0 Å². The molecule has 2 heterocycles. The zero-order valence-electron chi connectivity index (χ0n) is 14.3. The number of nitrogens with one attached hydrogen (secondary N) is 1. The lowest BCUT2D eigenvalue weighted by atomic mass is 10.2. The van der Waals surface area contributed by atoms with Crippen LogP contribution in [0.1, 0.15) is 5.56 Å². The summed E-state index contributed by atoms with van der Waals surface area (Å²) < 4.78 is 38.5. The minimum atomic E-state index is -3.80. The summed E-state index contributed by atoms with van der Waals surface area (Å²) in [6, 6.07) is 12.2. The SMILES string of the molecule is COc1ccc(OC)c(S(=O)(=O)NCc2cccnc2-c2cccs2)c1. The molecule has 1 aromatic carbocycles. The molecule has 0 saturated heterocycles. The third-order valence-electron chi connectivity index (χ3n) is 3.76. The van der Waals surface area contributed by atoms with Gasteiger partial charge >= 0.3 is 0 Å². The predicted molar refractivity (Wildman–Crippen MR) is 101 cm³/mol. The number of benzene rings is 1. The summed E-state index contributed by atoms with van der Waals surface area (Å²) in [7, 11) is -0.891. The van der Waals surface area contributed by atoms with Crippen molar-refractivity contribution in [3.63, 3.8) is 0 Å². The summed E-state index contributed by atoms with van der Waals surface area (Å²) in [4.78, 5) is 5.40. The molecule has 0 unspecified atom stereocenters. The van der Waals surface area contributed by atoms with Gasteiger partial charge in [-0.3, -0.25) is 4.98 Å². The maximum Gasteiger partial charge on any atom is 0.244 e. The van der Waals surface area contributed by atoms with E-state index < -0.39 is 10.0 Å². The Morgan fingerprint density at radius 3 is 2.65 bits per heavy atom. The van der Waals surface area contributed by atoms with Crippen molar-refractivity contribution in [1.82, 2.24) is 9.71 Å². The molecule has 0 saturated carbocycles. The first-order chi connectivity index (χ1) is 12.5. The van der Waals surface area contributed by atoms with Crippen LogP contribution >= 0.6 is 11.3 Å². The van der Waals surface area contributed by atoms with E-state index in [-0.39, 0.29) is 17.2 Å². The molecular formula is C18H18N2O4S2. The first-order valence-electron chi connectivity index (χ1n) is 7.74. The number of aromatic nitrogens is 1. The van der Waals surface area contributed by atoms with Crippen LogP contribution in [-0.4, -0.2) is 27.6 Å². The van der Waals surface area contributed by atoms with Gasteiger partial charge in [-0.15, -0.1) is 11.3 Å². The van der Waals surface area contributed by atoms with Gasteiger partial charge in [0.25, 0.3) is 0 Å². The molecule has 0 aliphatic carbocycles. The summed E-state index contributed by atoms with van der Waals surface area (Å²) in [5, 5.41) is 1.96. The first-order valence-corrected chi connectivity index (χ1v) is 10.1. The molecule has 1 N–H and O–H groups in total. The van der Waals surface area contributed by atoms with Crippen molar-refractivity contribution < 1.29 is 17.9 Å². The van der Waals surface area contributed by atoms with E-state index in [1.165, 1.54) is 20.3 Å². The fourth-order valence-electron chi connectivity index (χ4n) is 2.46. The second kappa shape index (κ2) is 7.86. The highest BCUT2D eigenvalue weighted by Gasteiger charge is 2.21. The summed E-state index contributed by atoms with van der Waals surface area (Å²) >= 11 is 1.55. The first kappa shape index (κ1) is 18.4. The van der Waals surface area contributed by atoms with E-state index in [4.69, 9.17) is 9.47 Å². The van der Waals surface area contributed by atoms with Crippen molar-refractivity contribution in [3.8, 4) is 22.1 Å². The third-order valence-corrected chi connectivity index (χ3v) is 6.06. The van der Waals surface area contributed by atoms with Gasteiger partial charge in [0, 0.05) is 18.8 Å². The van der Waals surface area contributed by atoms with Gasteiger partial charge in [-0.25, -0.2) is 13.1 Å². The fraction of sp³-hybridized carbons (Fsp3) is 0.167. The molecule has 0 aliphatic heterocycles. The highest BCUT2D eigenvalue weighted by Crippen LogP contribution is 2.29. The number of methoxy groups -OCH3 is 2. The molecule has 3 aromatic rings. The lowest BCUT2D eigenvalue weighted by Crippen LogP contribution is -2.24. The van der Waals surface area contributed by atoms with Gasteiger partial charge in [0.2, 0.25) is 10.0 Å². The van der Waals surface area contributed by atoms with Gasteiger partial charge in [0.15, 0.2) is 0 Å². The van der Waals surface area contributed by atoms with Crippen molar-refractivity contribution in [2.24, 2.45) is 0 Å². The van der Waals surface area contributed by atoms with Crippen LogP contribution in [0.2, 0.25) is 0 Å². The zero-order chi connectivity index (χ0) is 18.6. The number of pyridine rings is 1. The van der Waals surface area contributed by atoms with Crippen LogP contribution in [0.15, 0.2) is 58.9 Å². The van der Waals surface area contributed by atoms with Crippen LogP contribution in [-0.2, 0) is 16.6 Å². The number of thiophene rings is 1. The van der Waals surface area contributed by atoms with Crippen LogP contribution in [0.4, 0.5) is 0 Å². The summed E-state index contributed by atoms with van der Waals surface area (Å²) in [5.41, 5.74) is 1.56. The van der Waals surface area contributed by atoms with Crippen LogP contribution < -0.4 is 14.2 Å². The standard InChI is InChI=1S/C18H18N2O4S2/c1-23-14-7-8-15(24-2)17(11-14)26(21,22)20-12-13-5-3-9-19-18(13)16-6-4-10-25-16/h3-11,20H,12H2,1-2H3. The molecule has 0 amide bonds. The van der Waals surface area contributed by atoms with Crippen molar-refractivity contribution >= 4 is 21.4 Å². The molecule has 0 aliphatic rings. The second-order valence-corrected chi connectivity index (χ2v) is 8.01. The molecule has 0 bridgehead atoms. The number of sulfonamides is 1. The Hall–Kier alpha value is -2.42. The number of ether oxygens (including phenoxy) is 2. The monoisotopic (exact) mass is 390 g/mol. The molecule has 3 rings (SSSR count). The Balaban J connectivity index is 1.89. The van der Waals surface area contributed by atoms with Gasteiger partial charge < -0.3 is 9.47 Å². The summed E-state index contributed by atoms with van der Waals surface area (Å²) in [5.74, 6) is 0.690. The van der Waals surface area contributed by atoms with E-state index in [1.807, 2.05) is 23.6 Å².